The minimum atomic E-state index is 0.296. The van der Waals surface area contributed by atoms with E-state index >= 15 is 0 Å². The predicted molar refractivity (Wildman–Crippen MR) is 64.6 cm³/mol. The van der Waals surface area contributed by atoms with Crippen LogP contribution in [0.3, 0.4) is 0 Å². The third-order valence-electron chi connectivity index (χ3n) is 1.90. The van der Waals surface area contributed by atoms with Crippen molar-refractivity contribution in [2.24, 2.45) is 0 Å². The lowest BCUT2D eigenvalue weighted by atomic mass is 10.4. The first kappa shape index (κ1) is 11.2. The zero-order valence-corrected chi connectivity index (χ0v) is 10.1. The Morgan fingerprint density at radius 3 is 2.88 bits per heavy atom. The van der Waals surface area contributed by atoms with Crippen molar-refractivity contribution in [3.05, 3.63) is 35.4 Å². The molecule has 2 heterocycles. The van der Waals surface area contributed by atoms with Crippen LogP contribution in [0.4, 0.5) is 5.82 Å². The second-order valence-electron chi connectivity index (χ2n) is 3.07. The van der Waals surface area contributed by atoms with Gasteiger partial charge in [0, 0.05) is 11.1 Å². The highest BCUT2D eigenvalue weighted by Crippen LogP contribution is 2.30. The summed E-state index contributed by atoms with van der Waals surface area (Å²) < 4.78 is 0. The van der Waals surface area contributed by atoms with Crippen molar-refractivity contribution >= 4 is 29.2 Å². The van der Waals surface area contributed by atoms with Gasteiger partial charge >= 0.3 is 0 Å². The Bertz CT molecular complexity index is 518. The van der Waals surface area contributed by atoms with Crippen molar-refractivity contribution in [2.75, 3.05) is 5.73 Å². The minimum absolute atomic E-state index is 0.296. The first-order valence-electron chi connectivity index (χ1n) is 4.54. The number of hydrogen-bond donors (Lipinski definition) is 1. The highest BCUT2D eigenvalue weighted by Gasteiger charge is 2.07. The van der Waals surface area contributed by atoms with Gasteiger partial charge in [0.25, 0.3) is 0 Å². The monoisotopic (exact) mass is 252 g/mol. The summed E-state index contributed by atoms with van der Waals surface area (Å²) in [5.74, 6) is 0.334. The number of hydrogen-bond acceptors (Lipinski definition) is 5. The average molecular weight is 253 g/mol. The maximum atomic E-state index is 5.72. The topological polar surface area (TPSA) is 64.7 Å². The highest BCUT2D eigenvalue weighted by molar-refractivity contribution is 7.99. The molecule has 82 valence electrons. The molecule has 0 radical (unpaired) electrons. The van der Waals surface area contributed by atoms with Crippen molar-refractivity contribution in [3.8, 4) is 0 Å². The molecule has 0 aliphatic heterocycles. The molecule has 0 saturated heterocycles. The summed E-state index contributed by atoms with van der Waals surface area (Å²) in [5, 5.41) is 0.935. The van der Waals surface area contributed by atoms with Gasteiger partial charge in [-0.3, -0.25) is 4.98 Å². The van der Waals surface area contributed by atoms with E-state index in [-0.39, 0.29) is 0 Å². The van der Waals surface area contributed by atoms with Crippen molar-refractivity contribution < 1.29 is 0 Å². The molecule has 0 fully saturated rings. The van der Waals surface area contributed by atoms with Crippen molar-refractivity contribution in [1.29, 1.82) is 0 Å². The SMILES string of the molecule is Cc1ncccc1Sc1ncc(Cl)nc1N. The van der Waals surface area contributed by atoms with Gasteiger partial charge in [-0.15, -0.1) is 0 Å². The number of halogens is 1. The van der Waals surface area contributed by atoms with E-state index in [1.54, 1.807) is 6.20 Å². The van der Waals surface area contributed by atoms with Crippen molar-refractivity contribution in [2.45, 2.75) is 16.8 Å². The number of pyridine rings is 1. The highest BCUT2D eigenvalue weighted by atomic mass is 35.5. The quantitative estimate of drug-likeness (QED) is 0.890. The third kappa shape index (κ3) is 2.43. The molecule has 4 nitrogen and oxygen atoms in total. The molecule has 6 heteroatoms. The number of nitrogens with two attached hydrogens (primary N) is 1. The Morgan fingerprint density at radius 2 is 2.19 bits per heavy atom. The Balaban J connectivity index is 2.31. The molecule has 2 aromatic heterocycles. The molecule has 0 spiro atoms. The van der Waals surface area contributed by atoms with Crippen LogP contribution in [-0.4, -0.2) is 15.0 Å². The largest absolute Gasteiger partial charge is 0.381 e. The van der Waals surface area contributed by atoms with E-state index in [0.29, 0.717) is 16.0 Å². The fourth-order valence-corrected chi connectivity index (χ4v) is 2.08. The maximum Gasteiger partial charge on any atom is 0.158 e. The van der Waals surface area contributed by atoms with Crippen molar-refractivity contribution in [1.82, 2.24) is 15.0 Å². The molecule has 0 saturated carbocycles. The molecule has 2 rings (SSSR count). The third-order valence-corrected chi connectivity index (χ3v) is 3.24. The number of nitrogen functional groups attached to an aromatic ring is 1. The van der Waals surface area contributed by atoms with E-state index in [1.165, 1.54) is 18.0 Å². The Kier molecular flexibility index (Phi) is 3.26. The van der Waals surface area contributed by atoms with Crippen LogP contribution in [0.1, 0.15) is 5.69 Å². The van der Waals surface area contributed by atoms with E-state index in [0.717, 1.165) is 10.6 Å². The maximum absolute atomic E-state index is 5.72. The molecule has 0 aromatic carbocycles. The van der Waals surface area contributed by atoms with E-state index in [1.807, 2.05) is 19.1 Å². The van der Waals surface area contributed by atoms with E-state index < -0.39 is 0 Å². The second-order valence-corrected chi connectivity index (χ2v) is 4.49. The van der Waals surface area contributed by atoms with Crippen LogP contribution in [0, 0.1) is 6.92 Å². The lowest BCUT2D eigenvalue weighted by Crippen LogP contribution is -1.96. The normalized spacial score (nSPS) is 10.4. The summed E-state index contributed by atoms with van der Waals surface area (Å²) in [5.41, 5.74) is 6.65. The second kappa shape index (κ2) is 4.67. The summed E-state index contributed by atoms with van der Waals surface area (Å²) in [6.07, 6.45) is 3.22. The summed E-state index contributed by atoms with van der Waals surface area (Å²) in [4.78, 5) is 13.3. The molecule has 2 N–H and O–H groups in total. The summed E-state index contributed by atoms with van der Waals surface area (Å²) in [6, 6.07) is 3.83. The Hall–Kier alpha value is -1.33. The van der Waals surface area contributed by atoms with Crippen LogP contribution < -0.4 is 5.73 Å². The van der Waals surface area contributed by atoms with Gasteiger partial charge in [0.1, 0.15) is 10.2 Å². The van der Waals surface area contributed by atoms with Crippen LogP contribution in [0.5, 0.6) is 0 Å². The van der Waals surface area contributed by atoms with Crippen molar-refractivity contribution in [3.63, 3.8) is 0 Å². The summed E-state index contributed by atoms with van der Waals surface area (Å²) >= 11 is 7.11. The van der Waals surface area contributed by atoms with Gasteiger partial charge in [0.2, 0.25) is 0 Å². The van der Waals surface area contributed by atoms with Gasteiger partial charge < -0.3 is 5.73 Å². The molecular formula is C10H9ClN4S. The van der Waals surface area contributed by atoms with Gasteiger partial charge in [-0.2, -0.15) is 0 Å². The van der Waals surface area contributed by atoms with Crippen LogP contribution in [-0.2, 0) is 0 Å². The summed E-state index contributed by atoms with van der Waals surface area (Å²) in [7, 11) is 0. The zero-order chi connectivity index (χ0) is 11.5. The predicted octanol–water partition coefficient (Wildman–Crippen LogP) is 2.57. The van der Waals surface area contributed by atoms with Gasteiger partial charge in [-0.25, -0.2) is 9.97 Å². The number of aromatic nitrogens is 3. The molecule has 16 heavy (non-hydrogen) atoms. The van der Waals surface area contributed by atoms with E-state index in [4.69, 9.17) is 17.3 Å². The first-order valence-corrected chi connectivity index (χ1v) is 5.74. The van der Waals surface area contributed by atoms with Crippen LogP contribution >= 0.6 is 23.4 Å². The molecular weight excluding hydrogens is 244 g/mol. The Labute approximate surface area is 102 Å². The molecule has 2 aromatic rings. The average Bonchev–Trinajstić information content (AvgIpc) is 2.25. The molecule has 0 aliphatic carbocycles. The summed E-state index contributed by atoms with van der Waals surface area (Å²) in [6.45, 7) is 1.93. The van der Waals surface area contributed by atoms with Gasteiger partial charge in [0.05, 0.1) is 11.9 Å². The molecule has 0 aliphatic rings. The van der Waals surface area contributed by atoms with E-state index in [2.05, 4.69) is 15.0 Å². The number of nitrogens with zero attached hydrogens (tertiary/aromatic N) is 3. The minimum Gasteiger partial charge on any atom is -0.381 e. The lowest BCUT2D eigenvalue weighted by Gasteiger charge is -2.05. The van der Waals surface area contributed by atoms with E-state index in [9.17, 15) is 0 Å². The smallest absolute Gasteiger partial charge is 0.158 e. The number of anilines is 1. The first-order chi connectivity index (χ1) is 7.66. The molecule has 0 bridgehead atoms. The fourth-order valence-electron chi connectivity index (χ4n) is 1.13. The molecule has 0 unspecified atom stereocenters. The van der Waals surface area contributed by atoms with Gasteiger partial charge in [-0.05, 0) is 19.1 Å². The molecule has 0 atom stereocenters. The van der Waals surface area contributed by atoms with Crippen LogP contribution in [0.25, 0.3) is 0 Å². The van der Waals surface area contributed by atoms with Gasteiger partial charge in [-0.1, -0.05) is 23.4 Å². The zero-order valence-electron chi connectivity index (χ0n) is 8.51. The van der Waals surface area contributed by atoms with Crippen LogP contribution in [0.2, 0.25) is 5.15 Å². The number of aryl methyl sites for hydroxylation is 1. The fraction of sp³-hybridized carbons (Fsp3) is 0.100. The molecule has 0 amide bonds. The standard InChI is InChI=1S/C10H9ClN4S/c1-6-7(3-2-4-13-6)16-10-9(12)15-8(11)5-14-10/h2-5H,1H3,(H2,12,15). The lowest BCUT2D eigenvalue weighted by molar-refractivity contribution is 1.06. The Morgan fingerprint density at radius 1 is 1.38 bits per heavy atom. The number of rotatable bonds is 2. The van der Waals surface area contributed by atoms with Gasteiger partial charge in [0.15, 0.2) is 5.82 Å². The van der Waals surface area contributed by atoms with Crippen LogP contribution in [0.15, 0.2) is 34.4 Å².